The molecule has 3 heterocycles. The topological polar surface area (TPSA) is 47.0 Å². The van der Waals surface area contributed by atoms with Crippen LogP contribution in [0.4, 0.5) is 17.2 Å². The molecule has 0 unspecified atom stereocenters. The van der Waals surface area contributed by atoms with E-state index >= 15 is 0 Å². The summed E-state index contributed by atoms with van der Waals surface area (Å²) in [4.78, 5) is 13.1. The Labute approximate surface area is 426 Å². The van der Waals surface area contributed by atoms with E-state index < -0.39 is 11.1 Å². The van der Waals surface area contributed by atoms with Gasteiger partial charge in [-0.1, -0.05) is 187 Å². The van der Waals surface area contributed by atoms with Crippen LogP contribution in [-0.4, -0.2) is 22.0 Å². The molecule has 2 aliphatic heterocycles. The van der Waals surface area contributed by atoms with Gasteiger partial charge in [-0.3, -0.25) is 4.99 Å². The Balaban J connectivity index is 0.00000642. The first-order valence-electron chi connectivity index (χ1n) is 24.2. The molecule has 6 heteroatoms. The second-order valence-corrected chi connectivity index (χ2v) is 22.4. The molecule has 1 aromatic heterocycles. The molecular formula is C63H67N3O2Pt. The molecule has 5 nitrogen and oxygen atoms in total. The molecule has 0 saturated heterocycles. The van der Waals surface area contributed by atoms with E-state index in [0.29, 0.717) is 17.4 Å². The fraction of sp³-hybridized carbons (Fsp3) is 0.333. The summed E-state index contributed by atoms with van der Waals surface area (Å²) in [6.07, 6.45) is 1.93. The number of pyridine rings is 1. The number of aliphatic imine (C=N–C) groups is 1. The monoisotopic (exact) mass is 1090 g/mol. The van der Waals surface area contributed by atoms with Crippen molar-refractivity contribution in [3.05, 3.63) is 201 Å². The van der Waals surface area contributed by atoms with Gasteiger partial charge in [0.05, 0.1) is 0 Å². The minimum Gasteiger partial charge on any atom is -0.511 e. The molecule has 0 amide bonds. The summed E-state index contributed by atoms with van der Waals surface area (Å²) in [5.41, 5.74) is 14.5. The third kappa shape index (κ3) is 8.68. The number of rotatable bonds is 8. The summed E-state index contributed by atoms with van der Waals surface area (Å²) < 4.78 is 14.6. The number of benzene rings is 6. The zero-order chi connectivity index (χ0) is 48.7. The van der Waals surface area contributed by atoms with Crippen LogP contribution in [0.25, 0.3) is 11.1 Å². The van der Waals surface area contributed by atoms with E-state index in [2.05, 4.69) is 242 Å². The molecule has 69 heavy (non-hydrogen) atoms. The van der Waals surface area contributed by atoms with Crippen LogP contribution in [0.5, 0.6) is 11.5 Å². The smallest absolute Gasteiger partial charge is 0.511 e. The van der Waals surface area contributed by atoms with Gasteiger partial charge in [-0.15, -0.1) is 23.3 Å². The van der Waals surface area contributed by atoms with Crippen LogP contribution in [0.1, 0.15) is 136 Å². The average molecular weight is 1090 g/mol. The standard InChI is InChI=1S/C63H67N3O2.Pt/c1-39-26-27-52-50(32-39)61(12,13)51-33-41(3)54(38-53(51)66(52)55-37-48(28-29-64-55)59(6,7)8)67-49-35-46(56-42(4)30-40(2)31-43(56)5)34-47(36-49)58-65-62(14,63(15,68-58)60(9,10)11)57(44-22-18-16-19-23-44)45-24-20-17-21-25-45;/h16-35,37,57H,1-15H3;/q-2;+2/t62-,63-;/m1./s1. The van der Waals surface area contributed by atoms with Gasteiger partial charge in [0.2, 0.25) is 0 Å². The quantitative estimate of drug-likeness (QED) is 0.142. The number of aromatic nitrogens is 1. The molecule has 0 spiro atoms. The number of ether oxygens (including phenoxy) is 2. The Hall–Kier alpha value is -5.77. The van der Waals surface area contributed by atoms with Gasteiger partial charge in [0, 0.05) is 34.7 Å². The molecule has 0 fully saturated rings. The number of anilines is 3. The van der Waals surface area contributed by atoms with Crippen LogP contribution >= 0.6 is 0 Å². The van der Waals surface area contributed by atoms with Gasteiger partial charge >= 0.3 is 21.1 Å². The van der Waals surface area contributed by atoms with Crippen LogP contribution in [0.2, 0.25) is 0 Å². The van der Waals surface area contributed by atoms with Crippen LogP contribution < -0.4 is 9.64 Å². The van der Waals surface area contributed by atoms with Gasteiger partial charge in [-0.05, 0) is 110 Å². The Morgan fingerprint density at radius 3 is 1.87 bits per heavy atom. The summed E-state index contributed by atoms with van der Waals surface area (Å²) in [5, 5.41) is 0. The minimum absolute atomic E-state index is 0. The molecule has 0 bridgehead atoms. The van der Waals surface area contributed by atoms with Gasteiger partial charge in [0.1, 0.15) is 22.9 Å². The van der Waals surface area contributed by atoms with E-state index in [1.807, 2.05) is 6.20 Å². The van der Waals surface area contributed by atoms with E-state index in [9.17, 15) is 0 Å². The maximum atomic E-state index is 7.42. The summed E-state index contributed by atoms with van der Waals surface area (Å²) in [5.74, 6) is 2.46. The van der Waals surface area contributed by atoms with Crippen molar-refractivity contribution in [1.29, 1.82) is 0 Å². The van der Waals surface area contributed by atoms with Crippen LogP contribution in [0.15, 0.2) is 133 Å². The first-order valence-corrected chi connectivity index (χ1v) is 24.2. The minimum atomic E-state index is -0.751. The van der Waals surface area contributed by atoms with Gasteiger partial charge in [-0.25, -0.2) is 4.98 Å². The van der Waals surface area contributed by atoms with E-state index in [0.717, 1.165) is 45.0 Å². The normalized spacial score (nSPS) is 18.5. The molecule has 356 valence electrons. The van der Waals surface area contributed by atoms with Crippen molar-refractivity contribution >= 4 is 23.1 Å². The molecule has 2 aliphatic rings. The predicted octanol–water partition coefficient (Wildman–Crippen LogP) is 16.3. The van der Waals surface area contributed by atoms with E-state index in [4.69, 9.17) is 19.5 Å². The Kier molecular flexibility index (Phi) is 12.9. The van der Waals surface area contributed by atoms with Gasteiger partial charge in [0.25, 0.3) is 0 Å². The summed E-state index contributed by atoms with van der Waals surface area (Å²) in [7, 11) is 0. The Morgan fingerprint density at radius 1 is 0.652 bits per heavy atom. The zero-order valence-electron chi connectivity index (χ0n) is 43.2. The second-order valence-electron chi connectivity index (χ2n) is 22.4. The number of fused-ring (bicyclic) bond motifs is 2. The largest absolute Gasteiger partial charge is 2.00 e. The molecule has 0 saturated carbocycles. The fourth-order valence-corrected chi connectivity index (χ4v) is 11.0. The third-order valence-corrected chi connectivity index (χ3v) is 15.1. The molecule has 7 aromatic rings. The van der Waals surface area contributed by atoms with Crippen molar-refractivity contribution in [1.82, 2.24) is 4.98 Å². The first kappa shape index (κ1) is 49.6. The molecule has 0 N–H and O–H groups in total. The molecule has 9 rings (SSSR count). The molecule has 0 radical (unpaired) electrons. The number of hydrogen-bond acceptors (Lipinski definition) is 5. The van der Waals surface area contributed by atoms with Crippen molar-refractivity contribution in [2.45, 2.75) is 132 Å². The van der Waals surface area contributed by atoms with Crippen molar-refractivity contribution in [2.24, 2.45) is 10.4 Å². The molecular weight excluding hydrogens is 1030 g/mol. The Morgan fingerprint density at radius 2 is 1.28 bits per heavy atom. The van der Waals surface area contributed by atoms with Crippen LogP contribution in [-0.2, 0) is 36.6 Å². The van der Waals surface area contributed by atoms with E-state index in [1.54, 1.807) is 0 Å². The van der Waals surface area contributed by atoms with E-state index in [1.165, 1.54) is 44.5 Å². The fourth-order valence-electron chi connectivity index (χ4n) is 11.0. The van der Waals surface area contributed by atoms with Gasteiger partial charge in [0.15, 0.2) is 0 Å². The number of aryl methyl sites for hydroxylation is 5. The van der Waals surface area contributed by atoms with Gasteiger partial charge in [-0.2, -0.15) is 6.07 Å². The maximum Gasteiger partial charge on any atom is 2.00 e. The Bertz CT molecular complexity index is 3040. The molecule has 2 atom stereocenters. The average Bonchev–Trinajstić information content (AvgIpc) is 3.56. The molecule has 6 aromatic carbocycles. The summed E-state index contributed by atoms with van der Waals surface area (Å²) in [6.45, 7) is 33.5. The van der Waals surface area contributed by atoms with E-state index in [-0.39, 0.29) is 43.2 Å². The van der Waals surface area contributed by atoms with Crippen molar-refractivity contribution < 1.29 is 30.5 Å². The van der Waals surface area contributed by atoms with Crippen LogP contribution in [0, 0.1) is 52.2 Å². The first-order chi connectivity index (χ1) is 32.0. The van der Waals surface area contributed by atoms with Crippen molar-refractivity contribution in [3.63, 3.8) is 0 Å². The summed E-state index contributed by atoms with van der Waals surface area (Å²) in [6, 6.07) is 51.3. The van der Waals surface area contributed by atoms with Crippen molar-refractivity contribution in [3.8, 4) is 22.6 Å². The van der Waals surface area contributed by atoms with Crippen molar-refractivity contribution in [2.75, 3.05) is 4.90 Å². The SMILES string of the molecule is Cc1cc(C)c(-c2cc(Oc3[c-]c4c(cc3C)C(C)(C)c3cc(C)ccc3N4c3cc(C(C)(C)C)ccn3)[c-]c(C3=N[C@](C)(C(c4ccccc4)c4ccccc4)[C@@](C)(C(C)(C)C)O3)c2)c(C)c1.[Pt+2]. The number of hydrogen-bond donors (Lipinski definition) is 0. The van der Waals surface area contributed by atoms with Gasteiger partial charge < -0.3 is 14.4 Å². The van der Waals surface area contributed by atoms with Crippen LogP contribution in [0.3, 0.4) is 0 Å². The predicted molar refractivity (Wildman–Crippen MR) is 282 cm³/mol. The second kappa shape index (κ2) is 17.9. The summed E-state index contributed by atoms with van der Waals surface area (Å²) >= 11 is 0. The maximum absolute atomic E-state index is 7.42. The third-order valence-electron chi connectivity index (χ3n) is 15.1. The number of nitrogens with zero attached hydrogens (tertiary/aromatic N) is 3. The molecule has 0 aliphatic carbocycles. The zero-order valence-corrected chi connectivity index (χ0v) is 45.4.